The lowest BCUT2D eigenvalue weighted by Gasteiger charge is -2.31. The fourth-order valence-corrected chi connectivity index (χ4v) is 3.64. The normalized spacial score (nSPS) is 21.2. The standard InChI is InChI=1S/C16H30N2O/c1-3-7-15(11-17,8-4-2)14(19)18-12-16(9-10-16)13-5-6-13/h13H,3-12,17H2,1-2H3,(H,18,19). The zero-order valence-corrected chi connectivity index (χ0v) is 12.6. The number of hydrogen-bond acceptors (Lipinski definition) is 2. The van der Waals surface area contributed by atoms with Crippen molar-refractivity contribution in [2.45, 2.75) is 65.2 Å². The largest absolute Gasteiger partial charge is 0.355 e. The van der Waals surface area contributed by atoms with Crippen molar-refractivity contribution < 1.29 is 4.79 Å². The van der Waals surface area contributed by atoms with E-state index in [0.29, 0.717) is 12.0 Å². The van der Waals surface area contributed by atoms with Crippen LogP contribution in [0.1, 0.15) is 65.2 Å². The van der Waals surface area contributed by atoms with Crippen LogP contribution in [-0.2, 0) is 4.79 Å². The highest BCUT2D eigenvalue weighted by molar-refractivity contribution is 5.83. The van der Waals surface area contributed by atoms with Gasteiger partial charge in [-0.2, -0.15) is 0 Å². The van der Waals surface area contributed by atoms with E-state index in [9.17, 15) is 4.79 Å². The van der Waals surface area contributed by atoms with Crippen LogP contribution in [0.2, 0.25) is 0 Å². The van der Waals surface area contributed by atoms with Crippen molar-refractivity contribution in [1.82, 2.24) is 5.32 Å². The van der Waals surface area contributed by atoms with Gasteiger partial charge in [0.1, 0.15) is 0 Å². The van der Waals surface area contributed by atoms with Crippen molar-refractivity contribution in [2.75, 3.05) is 13.1 Å². The van der Waals surface area contributed by atoms with E-state index in [0.717, 1.165) is 38.1 Å². The lowest BCUT2D eigenvalue weighted by Crippen LogP contribution is -2.47. The van der Waals surface area contributed by atoms with Crippen molar-refractivity contribution in [2.24, 2.45) is 22.5 Å². The quantitative estimate of drug-likeness (QED) is 0.674. The average molecular weight is 266 g/mol. The van der Waals surface area contributed by atoms with Crippen molar-refractivity contribution in [1.29, 1.82) is 0 Å². The number of nitrogens with one attached hydrogen (secondary N) is 1. The molecule has 19 heavy (non-hydrogen) atoms. The van der Waals surface area contributed by atoms with E-state index in [2.05, 4.69) is 19.2 Å². The molecule has 0 aromatic rings. The van der Waals surface area contributed by atoms with Gasteiger partial charge in [0.25, 0.3) is 0 Å². The van der Waals surface area contributed by atoms with E-state index < -0.39 is 0 Å². The molecule has 0 heterocycles. The molecule has 3 nitrogen and oxygen atoms in total. The Morgan fingerprint density at radius 1 is 1.26 bits per heavy atom. The van der Waals surface area contributed by atoms with E-state index in [1.165, 1.54) is 25.7 Å². The maximum atomic E-state index is 12.6. The minimum Gasteiger partial charge on any atom is -0.355 e. The van der Waals surface area contributed by atoms with Crippen molar-refractivity contribution in [3.05, 3.63) is 0 Å². The summed E-state index contributed by atoms with van der Waals surface area (Å²) in [7, 11) is 0. The van der Waals surface area contributed by atoms with Gasteiger partial charge in [-0.25, -0.2) is 0 Å². The SMILES string of the molecule is CCCC(CN)(CCC)C(=O)NCC1(C2CC2)CC1. The Morgan fingerprint density at radius 3 is 2.21 bits per heavy atom. The van der Waals surface area contributed by atoms with Gasteiger partial charge in [-0.15, -0.1) is 0 Å². The lowest BCUT2D eigenvalue weighted by atomic mass is 9.78. The number of nitrogens with two attached hydrogens (primary N) is 1. The summed E-state index contributed by atoms with van der Waals surface area (Å²) >= 11 is 0. The molecule has 0 aliphatic heterocycles. The summed E-state index contributed by atoms with van der Waals surface area (Å²) in [5.74, 6) is 1.11. The molecule has 0 saturated heterocycles. The molecule has 110 valence electrons. The van der Waals surface area contributed by atoms with Crippen LogP contribution in [0, 0.1) is 16.7 Å². The van der Waals surface area contributed by atoms with Crippen molar-refractivity contribution >= 4 is 5.91 Å². The fraction of sp³-hybridized carbons (Fsp3) is 0.938. The smallest absolute Gasteiger partial charge is 0.227 e. The predicted molar refractivity (Wildman–Crippen MR) is 78.7 cm³/mol. The molecule has 3 N–H and O–H groups in total. The van der Waals surface area contributed by atoms with Crippen LogP contribution in [0.5, 0.6) is 0 Å². The molecule has 3 heteroatoms. The van der Waals surface area contributed by atoms with Crippen molar-refractivity contribution in [3.8, 4) is 0 Å². The highest BCUT2D eigenvalue weighted by atomic mass is 16.2. The van der Waals surface area contributed by atoms with Crippen LogP contribution in [-0.4, -0.2) is 19.0 Å². The Kier molecular flexibility index (Phi) is 4.54. The highest BCUT2D eigenvalue weighted by Crippen LogP contribution is 2.60. The Morgan fingerprint density at radius 2 is 1.84 bits per heavy atom. The van der Waals surface area contributed by atoms with Gasteiger partial charge in [-0.1, -0.05) is 26.7 Å². The molecule has 0 bridgehead atoms. The van der Waals surface area contributed by atoms with Crippen LogP contribution in [0.25, 0.3) is 0 Å². The van der Waals surface area contributed by atoms with Gasteiger partial charge in [0.15, 0.2) is 0 Å². The molecule has 1 amide bonds. The zero-order chi connectivity index (χ0) is 13.9. The molecule has 2 fully saturated rings. The molecule has 0 atom stereocenters. The van der Waals surface area contributed by atoms with E-state index in [1.54, 1.807) is 0 Å². The molecular weight excluding hydrogens is 236 g/mol. The molecule has 2 rings (SSSR count). The zero-order valence-electron chi connectivity index (χ0n) is 12.6. The summed E-state index contributed by atoms with van der Waals surface area (Å²) in [6, 6.07) is 0. The summed E-state index contributed by atoms with van der Waals surface area (Å²) in [4.78, 5) is 12.6. The van der Waals surface area contributed by atoms with Gasteiger partial charge in [0.05, 0.1) is 5.41 Å². The van der Waals surface area contributed by atoms with Gasteiger partial charge >= 0.3 is 0 Å². The molecule has 2 saturated carbocycles. The van der Waals surface area contributed by atoms with Crippen LogP contribution in [0.15, 0.2) is 0 Å². The lowest BCUT2D eigenvalue weighted by molar-refractivity contribution is -0.131. The molecule has 0 spiro atoms. The topological polar surface area (TPSA) is 55.1 Å². The van der Waals surface area contributed by atoms with Gasteiger partial charge in [0.2, 0.25) is 5.91 Å². The van der Waals surface area contributed by atoms with Crippen LogP contribution < -0.4 is 11.1 Å². The van der Waals surface area contributed by atoms with Crippen LogP contribution in [0.3, 0.4) is 0 Å². The van der Waals surface area contributed by atoms with Gasteiger partial charge in [0, 0.05) is 13.1 Å². The fourth-order valence-electron chi connectivity index (χ4n) is 3.64. The maximum Gasteiger partial charge on any atom is 0.227 e. The summed E-state index contributed by atoms with van der Waals surface area (Å²) in [6.45, 7) is 5.66. The highest BCUT2D eigenvalue weighted by Gasteiger charge is 2.54. The molecule has 2 aliphatic rings. The molecule has 0 aromatic carbocycles. The number of carbonyl (C=O) groups excluding carboxylic acids is 1. The van der Waals surface area contributed by atoms with E-state index in [1.807, 2.05) is 0 Å². The summed E-state index contributed by atoms with van der Waals surface area (Å²) in [6.07, 6.45) is 9.27. The minimum absolute atomic E-state index is 0.214. The van der Waals surface area contributed by atoms with Gasteiger partial charge in [-0.05, 0) is 49.9 Å². The molecule has 2 aliphatic carbocycles. The molecule has 0 radical (unpaired) electrons. The maximum absolute atomic E-state index is 12.6. The van der Waals surface area contributed by atoms with Crippen LogP contribution >= 0.6 is 0 Å². The number of hydrogen-bond donors (Lipinski definition) is 2. The molecular formula is C16H30N2O. The van der Waals surface area contributed by atoms with E-state index in [4.69, 9.17) is 5.73 Å². The third-order valence-electron chi connectivity index (χ3n) is 5.27. The first kappa shape index (κ1) is 14.8. The second kappa shape index (κ2) is 5.82. The Labute approximate surface area is 117 Å². The Balaban J connectivity index is 1.91. The third-order valence-corrected chi connectivity index (χ3v) is 5.27. The Hall–Kier alpha value is -0.570. The van der Waals surface area contributed by atoms with E-state index in [-0.39, 0.29) is 11.3 Å². The summed E-state index contributed by atoms with van der Waals surface area (Å²) < 4.78 is 0. The predicted octanol–water partition coefficient (Wildman–Crippen LogP) is 2.84. The Bertz CT molecular complexity index is 313. The van der Waals surface area contributed by atoms with E-state index >= 15 is 0 Å². The minimum atomic E-state index is -0.316. The van der Waals surface area contributed by atoms with Crippen molar-refractivity contribution in [3.63, 3.8) is 0 Å². The molecule has 0 aromatic heterocycles. The summed E-state index contributed by atoms with van der Waals surface area (Å²) in [5.41, 5.74) is 6.11. The second-order valence-corrected chi connectivity index (χ2v) is 6.80. The molecule has 0 unspecified atom stereocenters. The number of amides is 1. The first-order valence-corrected chi connectivity index (χ1v) is 8.11. The first-order chi connectivity index (χ1) is 9.12. The second-order valence-electron chi connectivity index (χ2n) is 6.80. The number of carbonyl (C=O) groups is 1. The average Bonchev–Trinajstić information content (AvgIpc) is 3.28. The summed E-state index contributed by atoms with van der Waals surface area (Å²) in [5, 5.41) is 3.25. The van der Waals surface area contributed by atoms with Crippen LogP contribution in [0.4, 0.5) is 0 Å². The third kappa shape index (κ3) is 3.13. The number of rotatable bonds is 9. The van der Waals surface area contributed by atoms with Gasteiger partial charge in [-0.3, -0.25) is 4.79 Å². The first-order valence-electron chi connectivity index (χ1n) is 8.11. The van der Waals surface area contributed by atoms with Gasteiger partial charge < -0.3 is 11.1 Å². The monoisotopic (exact) mass is 266 g/mol.